The zero-order chi connectivity index (χ0) is 17.1. The van der Waals surface area contributed by atoms with Gasteiger partial charge in [-0.2, -0.15) is 0 Å². The molecule has 2 aromatic carbocycles. The van der Waals surface area contributed by atoms with Crippen molar-refractivity contribution in [2.75, 3.05) is 6.54 Å². The first kappa shape index (κ1) is 16.2. The summed E-state index contributed by atoms with van der Waals surface area (Å²) in [7, 11) is 0. The van der Waals surface area contributed by atoms with Gasteiger partial charge >= 0.3 is 0 Å². The first-order valence-electron chi connectivity index (χ1n) is 8.27. The number of carbonyl (C=O) groups excluding carboxylic acids is 2. The fraction of sp³-hybridized carbons (Fsp3) is 0.300. The summed E-state index contributed by atoms with van der Waals surface area (Å²) in [5, 5.41) is 5.70. The van der Waals surface area contributed by atoms with E-state index < -0.39 is 0 Å². The van der Waals surface area contributed by atoms with Gasteiger partial charge in [0.15, 0.2) is 0 Å². The molecule has 0 aromatic heterocycles. The topological polar surface area (TPSA) is 58.2 Å². The highest BCUT2D eigenvalue weighted by Gasteiger charge is 2.23. The van der Waals surface area contributed by atoms with Gasteiger partial charge in [-0.25, -0.2) is 0 Å². The van der Waals surface area contributed by atoms with Crippen LogP contribution in [0, 0.1) is 13.8 Å². The highest BCUT2D eigenvalue weighted by atomic mass is 16.2. The number of benzene rings is 2. The van der Waals surface area contributed by atoms with Crippen LogP contribution in [0.25, 0.3) is 0 Å². The molecule has 0 saturated carbocycles. The number of hydrogen-bond acceptors (Lipinski definition) is 2. The van der Waals surface area contributed by atoms with Crippen LogP contribution in [0.4, 0.5) is 0 Å². The van der Waals surface area contributed by atoms with Crippen molar-refractivity contribution in [3.8, 4) is 0 Å². The molecular weight excluding hydrogens is 300 g/mol. The maximum Gasteiger partial charge on any atom is 0.251 e. The molecule has 2 amide bonds. The van der Waals surface area contributed by atoms with Gasteiger partial charge < -0.3 is 10.6 Å². The summed E-state index contributed by atoms with van der Waals surface area (Å²) in [5.41, 5.74) is 5.27. The van der Waals surface area contributed by atoms with Gasteiger partial charge in [0.2, 0.25) is 5.91 Å². The van der Waals surface area contributed by atoms with E-state index in [2.05, 4.69) is 22.8 Å². The predicted molar refractivity (Wildman–Crippen MR) is 93.9 cm³/mol. The lowest BCUT2D eigenvalue weighted by atomic mass is 10.1. The first-order valence-corrected chi connectivity index (χ1v) is 8.27. The molecule has 3 rings (SSSR count). The Morgan fingerprint density at radius 2 is 1.88 bits per heavy atom. The van der Waals surface area contributed by atoms with Gasteiger partial charge in [0, 0.05) is 5.56 Å². The number of nitrogens with one attached hydrogen (secondary N) is 2. The summed E-state index contributed by atoms with van der Waals surface area (Å²) in [4.78, 5) is 24.3. The standard InChI is InChI=1S/C20H22N2O2/c1-13-7-8-16(11-14(13)2)20(24)21-12-19(23)22-18-10-9-15-5-3-4-6-17(15)18/h3-8,11,18H,9-10,12H2,1-2H3,(H,21,24)(H,22,23). The Labute approximate surface area is 142 Å². The quantitative estimate of drug-likeness (QED) is 0.909. The van der Waals surface area contributed by atoms with Crippen molar-refractivity contribution in [1.82, 2.24) is 10.6 Å². The summed E-state index contributed by atoms with van der Waals surface area (Å²) < 4.78 is 0. The Kier molecular flexibility index (Phi) is 4.65. The lowest BCUT2D eigenvalue weighted by molar-refractivity contribution is -0.120. The Hall–Kier alpha value is -2.62. The third-order valence-corrected chi connectivity index (χ3v) is 4.65. The van der Waals surface area contributed by atoms with E-state index in [0.717, 1.165) is 24.0 Å². The van der Waals surface area contributed by atoms with Crippen molar-refractivity contribution in [3.05, 3.63) is 70.3 Å². The average molecular weight is 322 g/mol. The second kappa shape index (κ2) is 6.87. The summed E-state index contributed by atoms with van der Waals surface area (Å²) in [6, 6.07) is 13.8. The SMILES string of the molecule is Cc1ccc(C(=O)NCC(=O)NC2CCc3ccccc32)cc1C. The van der Waals surface area contributed by atoms with Crippen LogP contribution >= 0.6 is 0 Å². The molecule has 0 radical (unpaired) electrons. The molecule has 2 N–H and O–H groups in total. The van der Waals surface area contributed by atoms with Crippen LogP contribution in [-0.2, 0) is 11.2 Å². The lowest BCUT2D eigenvalue weighted by Crippen LogP contribution is -2.38. The molecule has 0 saturated heterocycles. The van der Waals surface area contributed by atoms with Crippen LogP contribution in [0.3, 0.4) is 0 Å². The zero-order valence-electron chi connectivity index (χ0n) is 14.1. The predicted octanol–water partition coefficient (Wildman–Crippen LogP) is 2.84. The molecule has 1 aliphatic carbocycles. The fourth-order valence-corrected chi connectivity index (χ4v) is 3.10. The van der Waals surface area contributed by atoms with Crippen molar-refractivity contribution in [2.45, 2.75) is 32.7 Å². The van der Waals surface area contributed by atoms with E-state index in [9.17, 15) is 9.59 Å². The molecule has 0 spiro atoms. The molecule has 0 fully saturated rings. The highest BCUT2D eigenvalue weighted by molar-refractivity contribution is 5.96. The molecular formula is C20H22N2O2. The van der Waals surface area contributed by atoms with Crippen molar-refractivity contribution in [2.24, 2.45) is 0 Å². The minimum atomic E-state index is -0.222. The summed E-state index contributed by atoms with van der Waals surface area (Å²) in [5.74, 6) is -0.381. The molecule has 4 heteroatoms. The van der Waals surface area contributed by atoms with Gasteiger partial charge in [0.1, 0.15) is 0 Å². The van der Waals surface area contributed by atoms with Crippen LogP contribution in [0.1, 0.15) is 45.1 Å². The van der Waals surface area contributed by atoms with Crippen LogP contribution in [0.15, 0.2) is 42.5 Å². The molecule has 0 bridgehead atoms. The first-order chi connectivity index (χ1) is 11.5. The largest absolute Gasteiger partial charge is 0.348 e. The zero-order valence-corrected chi connectivity index (χ0v) is 14.1. The number of rotatable bonds is 4. The molecule has 124 valence electrons. The van der Waals surface area contributed by atoms with Crippen LogP contribution < -0.4 is 10.6 Å². The summed E-state index contributed by atoms with van der Waals surface area (Å²) in [6.45, 7) is 3.96. The van der Waals surface area contributed by atoms with Gasteiger partial charge in [-0.1, -0.05) is 30.3 Å². The Morgan fingerprint density at radius 1 is 1.08 bits per heavy atom. The Bertz CT molecular complexity index is 783. The van der Waals surface area contributed by atoms with Gasteiger partial charge in [-0.15, -0.1) is 0 Å². The number of fused-ring (bicyclic) bond motifs is 1. The number of carbonyl (C=O) groups is 2. The van der Waals surface area contributed by atoms with Gasteiger partial charge in [-0.05, 0) is 61.1 Å². The van der Waals surface area contributed by atoms with E-state index >= 15 is 0 Å². The minimum Gasteiger partial charge on any atom is -0.348 e. The molecule has 24 heavy (non-hydrogen) atoms. The van der Waals surface area contributed by atoms with E-state index in [1.54, 1.807) is 6.07 Å². The smallest absolute Gasteiger partial charge is 0.251 e. The second-order valence-corrected chi connectivity index (χ2v) is 6.34. The van der Waals surface area contributed by atoms with E-state index in [4.69, 9.17) is 0 Å². The van der Waals surface area contributed by atoms with E-state index in [1.807, 2.05) is 38.1 Å². The Balaban J connectivity index is 1.54. The molecule has 0 heterocycles. The fourth-order valence-electron chi connectivity index (χ4n) is 3.10. The van der Waals surface area contributed by atoms with Crippen LogP contribution in [-0.4, -0.2) is 18.4 Å². The lowest BCUT2D eigenvalue weighted by Gasteiger charge is -2.14. The highest BCUT2D eigenvalue weighted by Crippen LogP contribution is 2.30. The Morgan fingerprint density at radius 3 is 2.67 bits per heavy atom. The monoisotopic (exact) mass is 322 g/mol. The third-order valence-electron chi connectivity index (χ3n) is 4.65. The molecule has 0 aliphatic heterocycles. The third kappa shape index (κ3) is 3.48. The van der Waals surface area contributed by atoms with Crippen LogP contribution in [0.5, 0.6) is 0 Å². The number of hydrogen-bond donors (Lipinski definition) is 2. The van der Waals surface area contributed by atoms with Crippen molar-refractivity contribution in [1.29, 1.82) is 0 Å². The summed E-state index contributed by atoms with van der Waals surface area (Å²) >= 11 is 0. The minimum absolute atomic E-state index is 0.00950. The molecule has 1 aliphatic rings. The number of amides is 2. The summed E-state index contributed by atoms with van der Waals surface area (Å²) in [6.07, 6.45) is 1.90. The molecule has 1 atom stereocenters. The van der Waals surface area contributed by atoms with E-state index in [0.29, 0.717) is 5.56 Å². The molecule has 1 unspecified atom stereocenters. The van der Waals surface area contributed by atoms with Crippen molar-refractivity contribution < 1.29 is 9.59 Å². The maximum absolute atomic E-state index is 12.2. The second-order valence-electron chi connectivity index (χ2n) is 6.34. The van der Waals surface area contributed by atoms with Crippen molar-refractivity contribution in [3.63, 3.8) is 0 Å². The van der Waals surface area contributed by atoms with Gasteiger partial charge in [0.25, 0.3) is 5.91 Å². The van der Waals surface area contributed by atoms with E-state index in [1.165, 1.54) is 11.1 Å². The van der Waals surface area contributed by atoms with Crippen molar-refractivity contribution >= 4 is 11.8 Å². The normalized spacial score (nSPS) is 15.7. The van der Waals surface area contributed by atoms with Gasteiger partial charge in [0.05, 0.1) is 12.6 Å². The van der Waals surface area contributed by atoms with E-state index in [-0.39, 0.29) is 24.4 Å². The molecule has 2 aromatic rings. The maximum atomic E-state index is 12.2. The van der Waals surface area contributed by atoms with Gasteiger partial charge in [-0.3, -0.25) is 9.59 Å². The van der Waals surface area contributed by atoms with Crippen LogP contribution in [0.2, 0.25) is 0 Å². The number of aryl methyl sites for hydroxylation is 3. The molecule has 4 nitrogen and oxygen atoms in total. The average Bonchev–Trinajstić information content (AvgIpc) is 2.98.